The molecule has 0 fully saturated rings. The number of H-pyrrole nitrogens is 1. The molecule has 2 aromatic carbocycles. The van der Waals surface area contributed by atoms with Crippen LogP contribution >= 0.6 is 23.8 Å². The van der Waals surface area contributed by atoms with Crippen LogP contribution in [0, 0.1) is 4.77 Å². The van der Waals surface area contributed by atoms with E-state index in [1.807, 2.05) is 66.1 Å². The lowest BCUT2D eigenvalue weighted by Gasteiger charge is -2.15. The van der Waals surface area contributed by atoms with Crippen LogP contribution in [0.25, 0.3) is 0 Å². The number of aromatic amines is 1. The van der Waals surface area contributed by atoms with Crippen molar-refractivity contribution in [2.75, 3.05) is 0 Å². The molecule has 0 saturated carbocycles. The Bertz CT molecular complexity index is 951. The van der Waals surface area contributed by atoms with Gasteiger partial charge >= 0.3 is 0 Å². The molecule has 3 rings (SSSR count). The fraction of sp³-hybridized carbons (Fsp3) is 0.211. The van der Waals surface area contributed by atoms with Crippen molar-refractivity contribution in [2.24, 2.45) is 0 Å². The van der Waals surface area contributed by atoms with Crippen LogP contribution in [0.5, 0.6) is 0 Å². The number of amides is 1. The van der Waals surface area contributed by atoms with Crippen molar-refractivity contribution in [3.8, 4) is 0 Å². The van der Waals surface area contributed by atoms with Gasteiger partial charge in [0.2, 0.25) is 5.91 Å². The van der Waals surface area contributed by atoms with Crippen LogP contribution in [0.3, 0.4) is 0 Å². The molecule has 0 spiro atoms. The van der Waals surface area contributed by atoms with Crippen molar-refractivity contribution in [3.63, 3.8) is 0 Å². The quantitative estimate of drug-likeness (QED) is 0.628. The molecule has 0 aliphatic carbocycles. The highest BCUT2D eigenvalue weighted by molar-refractivity contribution is 7.71. The minimum Gasteiger partial charge on any atom is -0.349 e. The first-order chi connectivity index (χ1) is 12.5. The van der Waals surface area contributed by atoms with E-state index in [-0.39, 0.29) is 18.4 Å². The summed E-state index contributed by atoms with van der Waals surface area (Å²) < 4.78 is 2.33. The average Bonchev–Trinajstić information content (AvgIpc) is 2.96. The highest BCUT2D eigenvalue weighted by atomic mass is 35.5. The largest absolute Gasteiger partial charge is 0.349 e. The zero-order valence-corrected chi connectivity index (χ0v) is 15.8. The predicted octanol–water partition coefficient (Wildman–Crippen LogP) is 4.06. The van der Waals surface area contributed by atoms with Gasteiger partial charge in [-0.15, -0.1) is 0 Å². The summed E-state index contributed by atoms with van der Waals surface area (Å²) in [5.74, 6) is 0.462. The zero-order valence-electron chi connectivity index (χ0n) is 14.3. The summed E-state index contributed by atoms with van der Waals surface area (Å²) >= 11 is 11.5. The van der Waals surface area contributed by atoms with Crippen LogP contribution in [-0.2, 0) is 17.8 Å². The van der Waals surface area contributed by atoms with E-state index in [1.165, 1.54) is 0 Å². The minimum absolute atomic E-state index is 0.134. The Hall–Kier alpha value is -2.44. The summed E-state index contributed by atoms with van der Waals surface area (Å²) in [6.45, 7) is 2.47. The summed E-state index contributed by atoms with van der Waals surface area (Å²) in [5, 5.41) is 10.6. The maximum atomic E-state index is 12.5. The number of nitrogens with zero attached hydrogens (tertiary/aromatic N) is 2. The summed E-state index contributed by atoms with van der Waals surface area (Å²) in [6, 6.07) is 17.2. The number of benzene rings is 2. The van der Waals surface area contributed by atoms with E-state index >= 15 is 0 Å². The van der Waals surface area contributed by atoms with Crippen molar-refractivity contribution in [2.45, 2.75) is 25.9 Å². The molecule has 0 aliphatic rings. The third kappa shape index (κ3) is 4.39. The SMILES string of the molecule is C[C@H](NC(=O)Cc1n[nH]c(=S)n1Cc1ccccc1)c1ccccc1Cl. The number of halogens is 1. The van der Waals surface area contributed by atoms with Gasteiger partial charge < -0.3 is 5.32 Å². The molecule has 0 radical (unpaired) electrons. The lowest BCUT2D eigenvalue weighted by atomic mass is 10.1. The molecule has 1 aromatic heterocycles. The monoisotopic (exact) mass is 386 g/mol. The molecule has 0 aliphatic heterocycles. The topological polar surface area (TPSA) is 62.7 Å². The van der Waals surface area contributed by atoms with Crippen molar-refractivity contribution in [1.29, 1.82) is 0 Å². The van der Waals surface area contributed by atoms with Gasteiger partial charge in [0.1, 0.15) is 5.82 Å². The van der Waals surface area contributed by atoms with Gasteiger partial charge in [0.25, 0.3) is 0 Å². The molecule has 5 nitrogen and oxygen atoms in total. The normalized spacial score (nSPS) is 11.9. The van der Waals surface area contributed by atoms with Crippen molar-refractivity contribution < 1.29 is 4.79 Å². The molecule has 26 heavy (non-hydrogen) atoms. The second kappa shape index (κ2) is 8.29. The molecule has 2 N–H and O–H groups in total. The van der Waals surface area contributed by atoms with Crippen LogP contribution in [0.1, 0.15) is 29.9 Å². The van der Waals surface area contributed by atoms with E-state index in [0.29, 0.717) is 22.2 Å². The van der Waals surface area contributed by atoms with Crippen LogP contribution < -0.4 is 5.32 Å². The van der Waals surface area contributed by atoms with Gasteiger partial charge in [0.05, 0.1) is 19.0 Å². The van der Waals surface area contributed by atoms with E-state index in [4.69, 9.17) is 23.8 Å². The van der Waals surface area contributed by atoms with Crippen LogP contribution in [0.4, 0.5) is 0 Å². The molecule has 134 valence electrons. The Morgan fingerprint density at radius 3 is 2.65 bits per heavy atom. The number of aromatic nitrogens is 3. The molecular formula is C19H19ClN4OS. The maximum Gasteiger partial charge on any atom is 0.228 e. The first-order valence-electron chi connectivity index (χ1n) is 8.26. The minimum atomic E-state index is -0.194. The number of carbonyl (C=O) groups excluding carboxylic acids is 1. The molecule has 1 amide bonds. The van der Waals surface area contributed by atoms with E-state index in [9.17, 15) is 4.79 Å². The number of nitrogens with one attached hydrogen (secondary N) is 2. The summed E-state index contributed by atoms with van der Waals surface area (Å²) in [7, 11) is 0. The predicted molar refractivity (Wildman–Crippen MR) is 105 cm³/mol. The summed E-state index contributed by atoms with van der Waals surface area (Å²) in [6.07, 6.45) is 0.134. The maximum absolute atomic E-state index is 12.5. The van der Waals surface area contributed by atoms with Gasteiger partial charge in [-0.05, 0) is 36.3 Å². The highest BCUT2D eigenvalue weighted by Gasteiger charge is 2.16. The van der Waals surface area contributed by atoms with Crippen molar-refractivity contribution in [3.05, 3.63) is 81.3 Å². The first kappa shape index (κ1) is 18.4. The third-order valence-corrected chi connectivity index (χ3v) is 4.74. The summed E-state index contributed by atoms with van der Waals surface area (Å²) in [4.78, 5) is 12.5. The molecule has 0 saturated heterocycles. The molecule has 7 heteroatoms. The molecule has 0 unspecified atom stereocenters. The number of carbonyl (C=O) groups is 1. The van der Waals surface area contributed by atoms with Crippen molar-refractivity contribution >= 4 is 29.7 Å². The molecular weight excluding hydrogens is 368 g/mol. The highest BCUT2D eigenvalue weighted by Crippen LogP contribution is 2.22. The van der Waals surface area contributed by atoms with Crippen LogP contribution in [0.2, 0.25) is 5.02 Å². The zero-order chi connectivity index (χ0) is 18.5. The molecule has 0 bridgehead atoms. The lowest BCUT2D eigenvalue weighted by molar-refractivity contribution is -0.121. The first-order valence-corrected chi connectivity index (χ1v) is 9.05. The number of hydrogen-bond donors (Lipinski definition) is 2. The molecule has 3 aromatic rings. The van der Waals surface area contributed by atoms with Crippen molar-refractivity contribution in [1.82, 2.24) is 20.1 Å². The Morgan fingerprint density at radius 1 is 1.23 bits per heavy atom. The van der Waals surface area contributed by atoms with Gasteiger partial charge in [-0.25, -0.2) is 0 Å². The van der Waals surface area contributed by atoms with E-state index in [2.05, 4.69) is 15.5 Å². The van der Waals surface area contributed by atoms with E-state index in [0.717, 1.165) is 11.1 Å². The van der Waals surface area contributed by atoms with E-state index < -0.39 is 0 Å². The van der Waals surface area contributed by atoms with Crippen LogP contribution in [0.15, 0.2) is 54.6 Å². The second-order valence-electron chi connectivity index (χ2n) is 6.00. The number of rotatable bonds is 6. The second-order valence-corrected chi connectivity index (χ2v) is 6.80. The van der Waals surface area contributed by atoms with Gasteiger partial charge in [0.15, 0.2) is 4.77 Å². The Kier molecular flexibility index (Phi) is 5.85. The Morgan fingerprint density at radius 2 is 1.92 bits per heavy atom. The molecule has 1 heterocycles. The Labute approximate surface area is 162 Å². The third-order valence-electron chi connectivity index (χ3n) is 4.09. The van der Waals surface area contributed by atoms with E-state index in [1.54, 1.807) is 0 Å². The molecule has 1 atom stereocenters. The fourth-order valence-electron chi connectivity index (χ4n) is 2.75. The standard InChI is InChI=1S/C19H19ClN4OS/c1-13(15-9-5-6-10-16(15)20)21-18(25)11-17-22-23-19(26)24(17)12-14-7-3-2-4-8-14/h2-10,13H,11-12H2,1H3,(H,21,25)(H,23,26)/t13-/m0/s1. The van der Waals surface area contributed by atoms with Gasteiger partial charge in [0, 0.05) is 5.02 Å². The average molecular weight is 387 g/mol. The Balaban J connectivity index is 1.70. The smallest absolute Gasteiger partial charge is 0.228 e. The van der Waals surface area contributed by atoms with Gasteiger partial charge in [-0.3, -0.25) is 14.5 Å². The number of hydrogen-bond acceptors (Lipinski definition) is 3. The van der Waals surface area contributed by atoms with Gasteiger partial charge in [-0.2, -0.15) is 5.10 Å². The lowest BCUT2D eigenvalue weighted by Crippen LogP contribution is -2.29. The summed E-state index contributed by atoms with van der Waals surface area (Å²) in [5.41, 5.74) is 1.97. The fourth-order valence-corrected chi connectivity index (χ4v) is 3.27. The van der Waals surface area contributed by atoms with Crippen LogP contribution in [-0.4, -0.2) is 20.7 Å². The van der Waals surface area contributed by atoms with Gasteiger partial charge in [-0.1, -0.05) is 60.1 Å².